The van der Waals surface area contributed by atoms with Crippen molar-refractivity contribution in [3.05, 3.63) is 64.7 Å². The minimum absolute atomic E-state index is 0.240. The fourth-order valence-corrected chi connectivity index (χ4v) is 3.53. The Kier molecular flexibility index (Phi) is 6.04. The number of aryl methyl sites for hydroxylation is 1. The Morgan fingerprint density at radius 3 is 2.60 bits per heavy atom. The van der Waals surface area contributed by atoms with Crippen molar-refractivity contribution in [2.75, 3.05) is 5.32 Å². The molecule has 7 nitrogen and oxygen atoms in total. The number of para-hydroxylation sites is 1. The number of halogens is 3. The molecule has 0 aliphatic carbocycles. The summed E-state index contributed by atoms with van der Waals surface area (Å²) < 4.78 is 39.7. The van der Waals surface area contributed by atoms with Crippen molar-refractivity contribution in [2.45, 2.75) is 6.18 Å². The van der Waals surface area contributed by atoms with Gasteiger partial charge in [-0.25, -0.2) is 5.48 Å². The van der Waals surface area contributed by atoms with Gasteiger partial charge in [0.2, 0.25) is 0 Å². The third kappa shape index (κ3) is 4.75. The zero-order valence-corrected chi connectivity index (χ0v) is 16.2. The number of amides is 2. The number of carbonyl (C=O) groups is 2. The van der Waals surface area contributed by atoms with Gasteiger partial charge in [0, 0.05) is 18.8 Å². The normalized spacial score (nSPS) is 11.6. The Hall–Kier alpha value is -3.44. The Bertz CT molecular complexity index is 1120. The molecule has 0 fully saturated rings. The molecule has 0 spiro atoms. The van der Waals surface area contributed by atoms with Gasteiger partial charge in [0.15, 0.2) is 5.69 Å². The summed E-state index contributed by atoms with van der Waals surface area (Å²) in [6.45, 7) is 0. The smallest absolute Gasteiger partial charge is 0.321 e. The number of carbonyl (C=O) groups excluding carboxylic acids is 2. The number of benzene rings is 1. The van der Waals surface area contributed by atoms with Crippen LogP contribution in [0, 0.1) is 0 Å². The zero-order chi connectivity index (χ0) is 21.9. The van der Waals surface area contributed by atoms with Crippen LogP contribution in [0.4, 0.5) is 18.9 Å². The lowest BCUT2D eigenvalue weighted by molar-refractivity contribution is -0.141. The Morgan fingerprint density at radius 2 is 1.93 bits per heavy atom. The summed E-state index contributed by atoms with van der Waals surface area (Å²) in [4.78, 5) is 24.5. The first-order chi connectivity index (χ1) is 14.2. The molecule has 30 heavy (non-hydrogen) atoms. The first-order valence-corrected chi connectivity index (χ1v) is 9.24. The number of alkyl halides is 3. The molecule has 3 aromatic rings. The molecule has 2 amide bonds. The van der Waals surface area contributed by atoms with Gasteiger partial charge in [0.25, 0.3) is 11.8 Å². The first kappa shape index (κ1) is 21.3. The van der Waals surface area contributed by atoms with E-state index >= 15 is 0 Å². The highest BCUT2D eigenvalue weighted by atomic mass is 32.1. The molecule has 3 N–H and O–H groups in total. The van der Waals surface area contributed by atoms with Gasteiger partial charge in [-0.3, -0.25) is 19.5 Å². The second kappa shape index (κ2) is 8.51. The van der Waals surface area contributed by atoms with E-state index in [9.17, 15) is 22.8 Å². The average molecular weight is 436 g/mol. The molecule has 0 radical (unpaired) electrons. The van der Waals surface area contributed by atoms with Crippen LogP contribution < -0.4 is 10.8 Å². The number of rotatable bonds is 5. The molecule has 2 aromatic heterocycles. The van der Waals surface area contributed by atoms with Crippen LogP contribution in [0.5, 0.6) is 0 Å². The molecular formula is C19H15F3N4O3S. The third-order valence-corrected chi connectivity index (χ3v) is 5.09. The van der Waals surface area contributed by atoms with Gasteiger partial charge in [-0.1, -0.05) is 18.2 Å². The fraction of sp³-hybridized carbons (Fsp3) is 0.105. The van der Waals surface area contributed by atoms with Crippen LogP contribution in [0.15, 0.2) is 48.5 Å². The first-order valence-electron chi connectivity index (χ1n) is 8.43. The molecule has 0 unspecified atom stereocenters. The average Bonchev–Trinajstić information content (AvgIpc) is 3.33. The van der Waals surface area contributed by atoms with Crippen molar-refractivity contribution >= 4 is 34.9 Å². The quantitative estimate of drug-likeness (QED) is 0.321. The topological polar surface area (TPSA) is 96.2 Å². The van der Waals surface area contributed by atoms with Crippen LogP contribution in [0.3, 0.4) is 0 Å². The largest absolute Gasteiger partial charge is 0.435 e. The summed E-state index contributed by atoms with van der Waals surface area (Å²) in [6, 6.07) is 10.7. The number of hydroxylamine groups is 1. The molecule has 2 heterocycles. The van der Waals surface area contributed by atoms with Crippen LogP contribution >= 0.6 is 11.3 Å². The van der Waals surface area contributed by atoms with E-state index in [1.165, 1.54) is 24.7 Å². The van der Waals surface area contributed by atoms with Gasteiger partial charge < -0.3 is 5.32 Å². The lowest BCUT2D eigenvalue weighted by Gasteiger charge is -2.07. The number of nitrogens with zero attached hydrogens (tertiary/aromatic N) is 2. The van der Waals surface area contributed by atoms with Crippen molar-refractivity contribution in [3.63, 3.8) is 0 Å². The highest BCUT2D eigenvalue weighted by molar-refractivity contribution is 7.17. The van der Waals surface area contributed by atoms with Crippen LogP contribution in [-0.4, -0.2) is 26.8 Å². The van der Waals surface area contributed by atoms with Crippen molar-refractivity contribution < 1.29 is 28.0 Å². The summed E-state index contributed by atoms with van der Waals surface area (Å²) in [6.07, 6.45) is -2.05. The van der Waals surface area contributed by atoms with Crippen molar-refractivity contribution in [1.29, 1.82) is 0 Å². The molecule has 0 atom stereocenters. The van der Waals surface area contributed by atoms with E-state index < -0.39 is 23.7 Å². The van der Waals surface area contributed by atoms with Crippen LogP contribution in [0.25, 0.3) is 16.6 Å². The summed E-state index contributed by atoms with van der Waals surface area (Å²) in [5, 5.41) is 14.7. The zero-order valence-electron chi connectivity index (χ0n) is 15.4. The Morgan fingerprint density at radius 1 is 1.20 bits per heavy atom. The number of hydrogen-bond donors (Lipinski definition) is 3. The second-order valence-corrected chi connectivity index (χ2v) is 7.13. The summed E-state index contributed by atoms with van der Waals surface area (Å²) in [5.74, 6) is -1.19. The number of anilines is 1. The minimum atomic E-state index is -4.56. The number of hydrogen-bond acceptors (Lipinski definition) is 5. The lowest BCUT2D eigenvalue weighted by Crippen LogP contribution is -2.15. The van der Waals surface area contributed by atoms with Crippen LogP contribution in [0.1, 0.15) is 20.9 Å². The second-order valence-electron chi connectivity index (χ2n) is 6.05. The van der Waals surface area contributed by atoms with E-state index in [0.29, 0.717) is 16.1 Å². The molecule has 156 valence electrons. The SMILES string of the molecule is Cn1nc(C(F)(F)F)cc1-c1ccc(C(=O)Nc2ccccc2/C=C/C(=O)NO)s1. The van der Waals surface area contributed by atoms with Crippen molar-refractivity contribution in [3.8, 4) is 10.6 Å². The van der Waals surface area contributed by atoms with Gasteiger partial charge in [-0.05, 0) is 35.9 Å². The number of thiophene rings is 1. The molecule has 0 saturated carbocycles. The van der Waals surface area contributed by atoms with E-state index in [4.69, 9.17) is 5.21 Å². The molecule has 0 saturated heterocycles. The molecule has 0 bridgehead atoms. The Labute approximate surface area is 172 Å². The maximum absolute atomic E-state index is 12.9. The van der Waals surface area contributed by atoms with E-state index in [1.807, 2.05) is 0 Å². The van der Waals surface area contributed by atoms with Gasteiger partial charge in [-0.15, -0.1) is 11.3 Å². The predicted octanol–water partition coefficient (Wildman–Crippen LogP) is 3.94. The predicted molar refractivity (Wildman–Crippen MR) is 105 cm³/mol. The molecule has 0 aliphatic heterocycles. The highest BCUT2D eigenvalue weighted by Crippen LogP contribution is 2.34. The maximum atomic E-state index is 12.9. The Balaban J connectivity index is 1.81. The number of aromatic nitrogens is 2. The van der Waals surface area contributed by atoms with Gasteiger partial charge in [-0.2, -0.15) is 18.3 Å². The molecule has 0 aliphatic rings. The fourth-order valence-electron chi connectivity index (χ4n) is 2.58. The molecule has 11 heteroatoms. The molecule has 3 rings (SSSR count). The van der Waals surface area contributed by atoms with Crippen LogP contribution in [0.2, 0.25) is 0 Å². The van der Waals surface area contributed by atoms with Crippen molar-refractivity contribution in [1.82, 2.24) is 15.3 Å². The molecular weight excluding hydrogens is 421 g/mol. The van der Waals surface area contributed by atoms with Gasteiger partial charge >= 0.3 is 6.18 Å². The molecule has 1 aromatic carbocycles. The third-order valence-electron chi connectivity index (χ3n) is 3.99. The summed E-state index contributed by atoms with van der Waals surface area (Å²) in [7, 11) is 1.40. The van der Waals surface area contributed by atoms with E-state index in [2.05, 4.69) is 10.4 Å². The summed E-state index contributed by atoms with van der Waals surface area (Å²) in [5.41, 5.74) is 1.64. The van der Waals surface area contributed by atoms with E-state index in [1.54, 1.807) is 30.3 Å². The maximum Gasteiger partial charge on any atom is 0.435 e. The van der Waals surface area contributed by atoms with E-state index in [0.717, 1.165) is 28.2 Å². The van der Waals surface area contributed by atoms with Crippen LogP contribution in [-0.2, 0) is 18.0 Å². The minimum Gasteiger partial charge on any atom is -0.321 e. The van der Waals surface area contributed by atoms with Gasteiger partial charge in [0.05, 0.1) is 15.4 Å². The van der Waals surface area contributed by atoms with E-state index in [-0.39, 0.29) is 10.6 Å². The van der Waals surface area contributed by atoms with Gasteiger partial charge in [0.1, 0.15) is 0 Å². The highest BCUT2D eigenvalue weighted by Gasteiger charge is 2.34. The number of nitrogens with one attached hydrogen (secondary N) is 2. The summed E-state index contributed by atoms with van der Waals surface area (Å²) >= 11 is 1.02. The van der Waals surface area contributed by atoms with Crippen molar-refractivity contribution in [2.24, 2.45) is 7.05 Å². The lowest BCUT2D eigenvalue weighted by atomic mass is 10.1. The monoisotopic (exact) mass is 436 g/mol. The standard InChI is InChI=1S/C19H15F3N4O3S/c1-26-13(10-16(24-26)19(20,21)22)14-7-8-15(30-14)18(28)23-12-5-3-2-4-11(12)6-9-17(27)25-29/h2-10,29H,1H3,(H,23,28)(H,25,27)/b9-6+.